The number of fused-ring (bicyclic) bond motifs is 1. The van der Waals surface area contributed by atoms with E-state index in [9.17, 15) is 0 Å². The van der Waals surface area contributed by atoms with Crippen molar-refractivity contribution in [1.82, 2.24) is 0 Å². The fourth-order valence-corrected chi connectivity index (χ4v) is 1.80. The van der Waals surface area contributed by atoms with Crippen LogP contribution in [0, 0.1) is 6.92 Å². The van der Waals surface area contributed by atoms with E-state index in [-0.39, 0.29) is 6.04 Å². The van der Waals surface area contributed by atoms with Gasteiger partial charge in [-0.15, -0.1) is 0 Å². The predicted octanol–water partition coefficient (Wildman–Crippen LogP) is 1.79. The fourth-order valence-electron chi connectivity index (χ4n) is 1.80. The molecule has 0 fully saturated rings. The normalized spacial score (nSPS) is 19.8. The third-order valence-corrected chi connectivity index (χ3v) is 2.59. The standard InChI is InChI=1S/C11H15NO2/c1-7-5-8(13-2)6-9-10(12)3-4-14-11(7)9/h5-6,10H,3-4,12H2,1-2H3/t10-/m1/s1. The van der Waals surface area contributed by atoms with Crippen molar-refractivity contribution in [3.8, 4) is 11.5 Å². The van der Waals surface area contributed by atoms with Gasteiger partial charge in [0.05, 0.1) is 13.7 Å². The summed E-state index contributed by atoms with van der Waals surface area (Å²) < 4.78 is 10.8. The lowest BCUT2D eigenvalue weighted by atomic mass is 9.98. The summed E-state index contributed by atoms with van der Waals surface area (Å²) in [6.07, 6.45) is 0.875. The second-order valence-corrected chi connectivity index (χ2v) is 3.61. The molecule has 0 aliphatic carbocycles. The van der Waals surface area contributed by atoms with Gasteiger partial charge in [0.2, 0.25) is 0 Å². The Morgan fingerprint density at radius 2 is 2.29 bits per heavy atom. The number of hydrogen-bond acceptors (Lipinski definition) is 3. The molecule has 2 N–H and O–H groups in total. The SMILES string of the molecule is COc1cc(C)c2c(c1)[C@H](N)CCO2. The Morgan fingerprint density at radius 3 is 3.00 bits per heavy atom. The zero-order chi connectivity index (χ0) is 10.1. The first-order chi connectivity index (χ1) is 6.72. The van der Waals surface area contributed by atoms with E-state index in [0.717, 1.165) is 29.0 Å². The maximum Gasteiger partial charge on any atom is 0.127 e. The zero-order valence-corrected chi connectivity index (χ0v) is 8.54. The number of rotatable bonds is 1. The summed E-state index contributed by atoms with van der Waals surface area (Å²) >= 11 is 0. The number of ether oxygens (including phenoxy) is 2. The lowest BCUT2D eigenvalue weighted by Crippen LogP contribution is -2.21. The largest absolute Gasteiger partial charge is 0.497 e. The van der Waals surface area contributed by atoms with Crippen LogP contribution in [0.1, 0.15) is 23.6 Å². The Labute approximate surface area is 83.8 Å². The van der Waals surface area contributed by atoms with Crippen LogP contribution >= 0.6 is 0 Å². The summed E-state index contributed by atoms with van der Waals surface area (Å²) in [6, 6.07) is 4.01. The van der Waals surface area contributed by atoms with Gasteiger partial charge in [0.25, 0.3) is 0 Å². The van der Waals surface area contributed by atoms with Gasteiger partial charge in [0.15, 0.2) is 0 Å². The van der Waals surface area contributed by atoms with Crippen LogP contribution in [-0.2, 0) is 0 Å². The van der Waals surface area contributed by atoms with Gasteiger partial charge in [-0.05, 0) is 24.6 Å². The van der Waals surface area contributed by atoms with Crippen LogP contribution in [0.3, 0.4) is 0 Å². The van der Waals surface area contributed by atoms with E-state index in [1.807, 2.05) is 19.1 Å². The monoisotopic (exact) mass is 193 g/mol. The summed E-state index contributed by atoms with van der Waals surface area (Å²) in [6.45, 7) is 2.72. The highest BCUT2D eigenvalue weighted by atomic mass is 16.5. The third kappa shape index (κ3) is 1.44. The van der Waals surface area contributed by atoms with Gasteiger partial charge in [-0.1, -0.05) is 0 Å². The molecule has 76 valence electrons. The first kappa shape index (κ1) is 9.34. The number of hydrogen-bond donors (Lipinski definition) is 1. The molecule has 3 heteroatoms. The van der Waals surface area contributed by atoms with Crippen LogP contribution < -0.4 is 15.2 Å². The van der Waals surface area contributed by atoms with E-state index in [2.05, 4.69) is 0 Å². The van der Waals surface area contributed by atoms with Crippen LogP contribution in [0.4, 0.5) is 0 Å². The molecule has 0 saturated carbocycles. The molecule has 2 rings (SSSR count). The molecule has 0 aromatic heterocycles. The summed E-state index contributed by atoms with van der Waals surface area (Å²) in [7, 11) is 1.66. The highest BCUT2D eigenvalue weighted by molar-refractivity contribution is 5.48. The molecule has 1 aliphatic rings. The van der Waals surface area contributed by atoms with Crippen molar-refractivity contribution in [3.63, 3.8) is 0 Å². The van der Waals surface area contributed by atoms with Crippen molar-refractivity contribution < 1.29 is 9.47 Å². The van der Waals surface area contributed by atoms with Crippen molar-refractivity contribution in [2.45, 2.75) is 19.4 Å². The molecule has 1 aromatic carbocycles. The molecular formula is C11H15NO2. The van der Waals surface area contributed by atoms with Crippen LogP contribution in [0.2, 0.25) is 0 Å². The van der Waals surface area contributed by atoms with E-state index in [0.29, 0.717) is 6.61 Å². The molecule has 1 aromatic rings. The lowest BCUT2D eigenvalue weighted by molar-refractivity contribution is 0.266. The second-order valence-electron chi connectivity index (χ2n) is 3.61. The van der Waals surface area contributed by atoms with Crippen molar-refractivity contribution in [2.75, 3.05) is 13.7 Å². The molecule has 1 atom stereocenters. The summed E-state index contributed by atoms with van der Waals surface area (Å²) in [5.74, 6) is 1.78. The Kier molecular flexibility index (Phi) is 2.33. The van der Waals surface area contributed by atoms with Gasteiger partial charge >= 0.3 is 0 Å². The van der Waals surface area contributed by atoms with Gasteiger partial charge in [-0.3, -0.25) is 0 Å². The Bertz CT molecular complexity index is 349. The smallest absolute Gasteiger partial charge is 0.127 e. The molecule has 0 unspecified atom stereocenters. The molecule has 0 amide bonds. The maximum atomic E-state index is 6.00. The van der Waals surface area contributed by atoms with Crippen LogP contribution in [-0.4, -0.2) is 13.7 Å². The number of nitrogens with two attached hydrogens (primary N) is 1. The van der Waals surface area contributed by atoms with E-state index < -0.39 is 0 Å². The fraction of sp³-hybridized carbons (Fsp3) is 0.455. The van der Waals surface area contributed by atoms with E-state index in [4.69, 9.17) is 15.2 Å². The van der Waals surface area contributed by atoms with Crippen molar-refractivity contribution in [2.24, 2.45) is 5.73 Å². The second kappa shape index (κ2) is 3.50. The average molecular weight is 193 g/mol. The quantitative estimate of drug-likeness (QED) is 0.739. The first-order valence-corrected chi connectivity index (χ1v) is 4.79. The van der Waals surface area contributed by atoms with Crippen molar-refractivity contribution in [3.05, 3.63) is 23.3 Å². The molecule has 14 heavy (non-hydrogen) atoms. The van der Waals surface area contributed by atoms with Crippen LogP contribution in [0.5, 0.6) is 11.5 Å². The molecule has 0 saturated heterocycles. The Balaban J connectivity index is 2.51. The predicted molar refractivity (Wildman–Crippen MR) is 54.8 cm³/mol. The number of benzene rings is 1. The van der Waals surface area contributed by atoms with E-state index in [1.165, 1.54) is 0 Å². The van der Waals surface area contributed by atoms with Gasteiger partial charge in [-0.25, -0.2) is 0 Å². The number of aryl methyl sites for hydroxylation is 1. The molecule has 0 bridgehead atoms. The summed E-state index contributed by atoms with van der Waals surface area (Å²) in [5.41, 5.74) is 8.16. The van der Waals surface area contributed by atoms with Crippen molar-refractivity contribution in [1.29, 1.82) is 0 Å². The van der Waals surface area contributed by atoms with Gasteiger partial charge in [0, 0.05) is 18.0 Å². The van der Waals surface area contributed by atoms with Gasteiger partial charge in [-0.2, -0.15) is 0 Å². The maximum absolute atomic E-state index is 6.00. The Morgan fingerprint density at radius 1 is 1.50 bits per heavy atom. The highest BCUT2D eigenvalue weighted by Gasteiger charge is 2.20. The minimum Gasteiger partial charge on any atom is -0.497 e. The zero-order valence-electron chi connectivity index (χ0n) is 8.54. The van der Waals surface area contributed by atoms with Crippen LogP contribution in [0.15, 0.2) is 12.1 Å². The third-order valence-electron chi connectivity index (χ3n) is 2.59. The minimum atomic E-state index is 0.0764. The molecule has 1 heterocycles. The Hall–Kier alpha value is -1.22. The minimum absolute atomic E-state index is 0.0764. The summed E-state index contributed by atoms with van der Waals surface area (Å²) in [5, 5.41) is 0. The summed E-state index contributed by atoms with van der Waals surface area (Å²) in [4.78, 5) is 0. The molecule has 0 spiro atoms. The highest BCUT2D eigenvalue weighted by Crippen LogP contribution is 2.36. The van der Waals surface area contributed by atoms with Crippen molar-refractivity contribution >= 4 is 0 Å². The van der Waals surface area contributed by atoms with E-state index in [1.54, 1.807) is 7.11 Å². The van der Waals surface area contributed by atoms with Gasteiger partial charge in [0.1, 0.15) is 11.5 Å². The molecule has 1 aliphatic heterocycles. The van der Waals surface area contributed by atoms with Gasteiger partial charge < -0.3 is 15.2 Å². The first-order valence-electron chi connectivity index (χ1n) is 4.79. The number of methoxy groups -OCH3 is 1. The lowest BCUT2D eigenvalue weighted by Gasteiger charge is -2.25. The van der Waals surface area contributed by atoms with Crippen LogP contribution in [0.25, 0.3) is 0 Å². The topological polar surface area (TPSA) is 44.5 Å². The molecule has 0 radical (unpaired) electrons. The van der Waals surface area contributed by atoms with E-state index >= 15 is 0 Å². The molecule has 3 nitrogen and oxygen atoms in total. The average Bonchev–Trinajstić information content (AvgIpc) is 2.19. The molecular weight excluding hydrogens is 178 g/mol.